The number of hydrogen-bond donors (Lipinski definition) is 1. The van der Waals surface area contributed by atoms with Crippen LogP contribution in [0.1, 0.15) is 46.5 Å². The zero-order chi connectivity index (χ0) is 16.0. The van der Waals surface area contributed by atoms with Crippen LogP contribution in [0.3, 0.4) is 0 Å². The second-order valence-electron chi connectivity index (χ2n) is 6.10. The molecule has 1 atom stereocenters. The first-order valence-electron chi connectivity index (χ1n) is 7.57. The second kappa shape index (κ2) is 7.38. The summed E-state index contributed by atoms with van der Waals surface area (Å²) in [7, 11) is 1.70. The zero-order valence-corrected chi connectivity index (χ0v) is 13.8. The summed E-state index contributed by atoms with van der Waals surface area (Å²) in [6, 6.07) is -0.0637. The van der Waals surface area contributed by atoms with E-state index in [1.807, 2.05) is 4.90 Å². The van der Waals surface area contributed by atoms with Crippen LogP contribution in [0.5, 0.6) is 0 Å². The fraction of sp³-hybridized carbons (Fsp3) is 0.688. The quantitative estimate of drug-likeness (QED) is 0.366. The van der Waals surface area contributed by atoms with Crippen LogP contribution in [0.4, 0.5) is 0 Å². The number of rotatable bonds is 5. The molecule has 0 aromatic rings. The second-order valence-corrected chi connectivity index (χ2v) is 6.10. The van der Waals surface area contributed by atoms with Crippen molar-refractivity contribution < 1.29 is 4.79 Å². The average molecular weight is 292 g/mol. The number of carbonyl (C=O) groups is 1. The molecule has 21 heavy (non-hydrogen) atoms. The van der Waals surface area contributed by atoms with E-state index in [2.05, 4.69) is 49.6 Å². The smallest absolute Gasteiger partial charge is 0.250 e. The molecule has 1 rings (SSSR count). The van der Waals surface area contributed by atoms with Crippen LogP contribution in [0.25, 0.3) is 0 Å². The van der Waals surface area contributed by atoms with Crippen molar-refractivity contribution in [2.45, 2.75) is 52.5 Å². The Balaban J connectivity index is 2.98. The first kappa shape index (κ1) is 17.4. The van der Waals surface area contributed by atoms with Crippen molar-refractivity contribution >= 4 is 18.5 Å². The minimum absolute atomic E-state index is 0.0264. The molecule has 5 heteroatoms. The van der Waals surface area contributed by atoms with Crippen molar-refractivity contribution in [1.29, 1.82) is 0 Å². The molecule has 0 radical (unpaired) electrons. The van der Waals surface area contributed by atoms with Gasteiger partial charge < -0.3 is 4.90 Å². The number of likely N-dealkylation sites (tertiary alicyclic amines) is 1. The number of hydrogen-bond acceptors (Lipinski definition) is 3. The van der Waals surface area contributed by atoms with E-state index in [-0.39, 0.29) is 17.4 Å². The van der Waals surface area contributed by atoms with Crippen LogP contribution in [0.15, 0.2) is 22.2 Å². The number of amides is 1. The van der Waals surface area contributed by atoms with Gasteiger partial charge in [0.25, 0.3) is 0 Å². The fourth-order valence-corrected chi connectivity index (χ4v) is 2.49. The first-order valence-corrected chi connectivity index (χ1v) is 7.57. The minimum atomic E-state index is -0.188. The number of nitrogens with zero attached hydrogens (tertiary/aromatic N) is 3. The highest BCUT2D eigenvalue weighted by molar-refractivity contribution is 5.98. The van der Waals surface area contributed by atoms with E-state index in [4.69, 9.17) is 0 Å². The zero-order valence-electron chi connectivity index (χ0n) is 13.8. The molecule has 0 saturated carbocycles. The Bertz CT molecular complexity index is 440. The van der Waals surface area contributed by atoms with Crippen LogP contribution in [0, 0.1) is 5.41 Å². The molecule has 5 nitrogen and oxygen atoms in total. The lowest BCUT2D eigenvalue weighted by atomic mass is 9.81. The van der Waals surface area contributed by atoms with Crippen LogP contribution >= 0.6 is 0 Å². The Morgan fingerprint density at radius 1 is 1.43 bits per heavy atom. The molecule has 1 unspecified atom stereocenters. The van der Waals surface area contributed by atoms with Crippen LogP contribution in [0.2, 0.25) is 0 Å². The van der Waals surface area contributed by atoms with E-state index >= 15 is 0 Å². The molecular formula is C16H28N4O. The van der Waals surface area contributed by atoms with Gasteiger partial charge in [0.05, 0.1) is 6.04 Å². The van der Waals surface area contributed by atoms with Gasteiger partial charge in [0.2, 0.25) is 5.91 Å². The summed E-state index contributed by atoms with van der Waals surface area (Å²) in [5.41, 5.74) is 3.30. The summed E-state index contributed by atoms with van der Waals surface area (Å²) in [5, 5.41) is 3.69. The van der Waals surface area contributed by atoms with E-state index in [1.165, 1.54) is 0 Å². The van der Waals surface area contributed by atoms with Crippen LogP contribution in [-0.2, 0) is 4.79 Å². The van der Waals surface area contributed by atoms with E-state index in [0.29, 0.717) is 11.4 Å². The molecule has 0 aromatic heterocycles. The van der Waals surface area contributed by atoms with Gasteiger partial charge in [-0.3, -0.25) is 15.2 Å². The van der Waals surface area contributed by atoms with Crippen LogP contribution in [-0.4, -0.2) is 43.0 Å². The monoisotopic (exact) mass is 292 g/mol. The predicted octanol–water partition coefficient (Wildman–Crippen LogP) is 2.59. The first-order chi connectivity index (χ1) is 9.88. The van der Waals surface area contributed by atoms with E-state index in [1.54, 1.807) is 7.05 Å². The van der Waals surface area contributed by atoms with E-state index in [0.717, 1.165) is 32.2 Å². The Kier molecular flexibility index (Phi) is 6.12. The fourth-order valence-electron chi connectivity index (χ4n) is 2.49. The van der Waals surface area contributed by atoms with Crippen molar-refractivity contribution in [3.8, 4) is 0 Å². The van der Waals surface area contributed by atoms with Crippen molar-refractivity contribution in [1.82, 2.24) is 10.3 Å². The van der Waals surface area contributed by atoms with Gasteiger partial charge in [0, 0.05) is 25.9 Å². The normalized spacial score (nSPS) is 20.1. The molecular weight excluding hydrogens is 264 g/mol. The highest BCUT2D eigenvalue weighted by atomic mass is 16.2. The summed E-state index contributed by atoms with van der Waals surface area (Å²) in [5.74, 6) is 0.721. The summed E-state index contributed by atoms with van der Waals surface area (Å²) in [4.78, 5) is 18.9. The third-order valence-corrected chi connectivity index (χ3v) is 4.47. The van der Waals surface area contributed by atoms with Crippen molar-refractivity contribution in [3.05, 3.63) is 12.2 Å². The number of carbonyl (C=O) groups excluding carboxylic acids is 1. The molecule has 1 fully saturated rings. The summed E-state index contributed by atoms with van der Waals surface area (Å²) >= 11 is 0. The van der Waals surface area contributed by atoms with Gasteiger partial charge >= 0.3 is 0 Å². The average Bonchev–Trinajstić information content (AvgIpc) is 2.51. The summed E-state index contributed by atoms with van der Waals surface area (Å²) in [6.07, 6.45) is 3.87. The maximum Gasteiger partial charge on any atom is 0.250 e. The van der Waals surface area contributed by atoms with E-state index in [9.17, 15) is 4.79 Å². The maximum absolute atomic E-state index is 12.8. The molecule has 1 amide bonds. The van der Waals surface area contributed by atoms with Crippen molar-refractivity contribution in [3.63, 3.8) is 0 Å². The van der Waals surface area contributed by atoms with Gasteiger partial charge in [-0.25, -0.2) is 0 Å². The third-order valence-electron chi connectivity index (χ3n) is 4.47. The Morgan fingerprint density at radius 2 is 2.10 bits per heavy atom. The molecule has 118 valence electrons. The lowest BCUT2D eigenvalue weighted by Crippen LogP contribution is -2.52. The largest absolute Gasteiger partial charge is 0.329 e. The van der Waals surface area contributed by atoms with Gasteiger partial charge in [-0.15, -0.1) is 0 Å². The molecule has 1 aliphatic rings. The Morgan fingerprint density at radius 3 is 2.62 bits per heavy atom. The number of aliphatic imine (C=N–C) groups is 1. The van der Waals surface area contributed by atoms with Gasteiger partial charge in [-0.1, -0.05) is 27.4 Å². The molecule has 0 bridgehead atoms. The minimum Gasteiger partial charge on any atom is -0.329 e. The van der Waals surface area contributed by atoms with E-state index < -0.39 is 0 Å². The highest BCUT2D eigenvalue weighted by Gasteiger charge is 2.35. The molecule has 1 aliphatic heterocycles. The topological polar surface area (TPSA) is 57.1 Å². The number of hydrazone groups is 1. The van der Waals surface area contributed by atoms with Crippen molar-refractivity contribution in [2.24, 2.45) is 15.5 Å². The van der Waals surface area contributed by atoms with Gasteiger partial charge in [0.1, 0.15) is 5.84 Å². The lowest BCUT2D eigenvalue weighted by molar-refractivity contribution is -0.130. The Labute approximate surface area is 128 Å². The Hall–Kier alpha value is -1.65. The number of amidine groups is 1. The molecule has 0 aliphatic carbocycles. The standard InChI is InChI=1S/C16H28N4O/c1-7-16(3,4)12(2)15(21)20-11-9-8-10-13(20)14(17-5)19-18-6/h13H,2,6-11H2,1,3-5H3,(H,17,19). The summed E-state index contributed by atoms with van der Waals surface area (Å²) in [6.45, 7) is 14.4. The maximum atomic E-state index is 12.8. The molecule has 0 spiro atoms. The van der Waals surface area contributed by atoms with Gasteiger partial charge in [0.15, 0.2) is 0 Å². The molecule has 1 saturated heterocycles. The van der Waals surface area contributed by atoms with Gasteiger partial charge in [-0.05, 0) is 31.1 Å². The molecule has 1 heterocycles. The molecule has 0 aromatic carbocycles. The lowest BCUT2D eigenvalue weighted by Gasteiger charge is -2.38. The van der Waals surface area contributed by atoms with Crippen LogP contribution < -0.4 is 5.43 Å². The number of nitrogens with one attached hydrogen (secondary N) is 1. The van der Waals surface area contributed by atoms with Crippen molar-refractivity contribution in [2.75, 3.05) is 13.6 Å². The highest BCUT2D eigenvalue weighted by Crippen LogP contribution is 2.31. The summed E-state index contributed by atoms with van der Waals surface area (Å²) < 4.78 is 0. The SMILES string of the molecule is C=NNC(=NC)C1CCCCN1C(=O)C(=C)C(C)(C)CC. The third kappa shape index (κ3) is 3.93. The predicted molar refractivity (Wildman–Crippen MR) is 88.6 cm³/mol. The molecule has 1 N–H and O–H groups in total. The number of piperidine rings is 1. The van der Waals surface area contributed by atoms with Gasteiger partial charge in [-0.2, -0.15) is 5.10 Å².